The number of aromatic nitrogens is 2. The van der Waals surface area contributed by atoms with Crippen molar-refractivity contribution in [2.45, 2.75) is 26.8 Å². The maximum Gasteiger partial charge on any atom is 0.222 e. The van der Waals surface area contributed by atoms with Gasteiger partial charge in [-0.25, -0.2) is 4.98 Å². The minimum absolute atomic E-state index is 0.0151. The normalized spacial score (nSPS) is 12.9. The third-order valence-corrected chi connectivity index (χ3v) is 2.21. The van der Waals surface area contributed by atoms with E-state index in [1.165, 1.54) is 0 Å². The van der Waals surface area contributed by atoms with Gasteiger partial charge in [-0.3, -0.25) is 0 Å². The third-order valence-electron chi connectivity index (χ3n) is 2.21. The maximum absolute atomic E-state index is 9.16. The Morgan fingerprint density at radius 2 is 2.13 bits per heavy atom. The molecular formula is C10H18N4O. The molecule has 15 heavy (non-hydrogen) atoms. The summed E-state index contributed by atoms with van der Waals surface area (Å²) in [6.45, 7) is 5.99. The van der Waals surface area contributed by atoms with E-state index >= 15 is 0 Å². The number of aliphatic hydroxyl groups is 1. The summed E-state index contributed by atoms with van der Waals surface area (Å²) in [6.07, 6.45) is 0. The second kappa shape index (κ2) is 4.93. The van der Waals surface area contributed by atoms with Gasteiger partial charge >= 0.3 is 0 Å². The molecule has 5 heteroatoms. The van der Waals surface area contributed by atoms with Gasteiger partial charge in [-0.05, 0) is 12.8 Å². The van der Waals surface area contributed by atoms with Gasteiger partial charge in [0.2, 0.25) is 5.95 Å². The van der Waals surface area contributed by atoms with Gasteiger partial charge in [0.15, 0.2) is 0 Å². The van der Waals surface area contributed by atoms with Crippen LogP contribution < -0.4 is 11.1 Å². The highest BCUT2D eigenvalue weighted by atomic mass is 16.3. The second-order valence-electron chi connectivity index (χ2n) is 3.93. The zero-order valence-corrected chi connectivity index (χ0v) is 9.36. The van der Waals surface area contributed by atoms with Crippen LogP contribution in [0.3, 0.4) is 0 Å². The van der Waals surface area contributed by atoms with Crippen molar-refractivity contribution in [2.24, 2.45) is 5.92 Å². The summed E-state index contributed by atoms with van der Waals surface area (Å²) in [7, 11) is 0. The molecular weight excluding hydrogens is 192 g/mol. The van der Waals surface area contributed by atoms with Crippen molar-refractivity contribution in [3.63, 3.8) is 0 Å². The van der Waals surface area contributed by atoms with Gasteiger partial charge in [0.25, 0.3) is 0 Å². The lowest BCUT2D eigenvalue weighted by Gasteiger charge is -2.20. The van der Waals surface area contributed by atoms with Crippen LogP contribution in [0.1, 0.15) is 19.5 Å². The Labute approximate surface area is 89.7 Å². The molecule has 0 bridgehead atoms. The van der Waals surface area contributed by atoms with Crippen LogP contribution in [-0.2, 0) is 0 Å². The molecule has 0 amide bonds. The van der Waals surface area contributed by atoms with Crippen LogP contribution in [-0.4, -0.2) is 27.7 Å². The molecule has 5 nitrogen and oxygen atoms in total. The molecule has 0 saturated heterocycles. The first-order valence-corrected chi connectivity index (χ1v) is 5.01. The molecule has 1 heterocycles. The van der Waals surface area contributed by atoms with Gasteiger partial charge in [-0.2, -0.15) is 4.98 Å². The molecule has 0 aliphatic rings. The summed E-state index contributed by atoms with van der Waals surface area (Å²) >= 11 is 0. The van der Waals surface area contributed by atoms with Crippen LogP contribution in [0, 0.1) is 12.8 Å². The first-order chi connectivity index (χ1) is 7.02. The fourth-order valence-electron chi connectivity index (χ4n) is 1.28. The molecule has 1 atom stereocenters. The Kier molecular flexibility index (Phi) is 3.85. The van der Waals surface area contributed by atoms with Crippen LogP contribution in [0.2, 0.25) is 0 Å². The predicted molar refractivity (Wildman–Crippen MR) is 60.5 cm³/mol. The van der Waals surface area contributed by atoms with E-state index in [4.69, 9.17) is 10.8 Å². The minimum Gasteiger partial charge on any atom is -0.394 e. The molecule has 0 radical (unpaired) electrons. The summed E-state index contributed by atoms with van der Waals surface area (Å²) < 4.78 is 0. The quantitative estimate of drug-likeness (QED) is 0.684. The fourth-order valence-corrected chi connectivity index (χ4v) is 1.28. The third kappa shape index (κ3) is 3.36. The van der Waals surface area contributed by atoms with E-state index in [1.54, 1.807) is 6.07 Å². The van der Waals surface area contributed by atoms with E-state index < -0.39 is 0 Å². The molecule has 0 aromatic carbocycles. The van der Waals surface area contributed by atoms with Gasteiger partial charge in [0.1, 0.15) is 5.82 Å². The van der Waals surface area contributed by atoms with E-state index in [9.17, 15) is 0 Å². The van der Waals surface area contributed by atoms with Gasteiger partial charge in [-0.15, -0.1) is 0 Å². The van der Waals surface area contributed by atoms with Gasteiger partial charge in [-0.1, -0.05) is 13.8 Å². The van der Waals surface area contributed by atoms with Crippen molar-refractivity contribution >= 4 is 11.8 Å². The van der Waals surface area contributed by atoms with Crippen molar-refractivity contribution in [1.82, 2.24) is 9.97 Å². The summed E-state index contributed by atoms with van der Waals surface area (Å²) in [5.41, 5.74) is 6.34. The van der Waals surface area contributed by atoms with Gasteiger partial charge in [0.05, 0.1) is 12.6 Å². The number of nitrogens with one attached hydrogen (secondary N) is 1. The smallest absolute Gasteiger partial charge is 0.222 e. The SMILES string of the molecule is Cc1cc(N[C@H](CO)C(C)C)nc(N)n1. The molecule has 0 saturated carbocycles. The number of hydrogen-bond donors (Lipinski definition) is 3. The zero-order chi connectivity index (χ0) is 11.4. The lowest BCUT2D eigenvalue weighted by atomic mass is 10.1. The van der Waals surface area contributed by atoms with Crippen molar-refractivity contribution in [1.29, 1.82) is 0 Å². The molecule has 0 unspecified atom stereocenters. The highest BCUT2D eigenvalue weighted by Gasteiger charge is 2.12. The Morgan fingerprint density at radius 1 is 1.47 bits per heavy atom. The summed E-state index contributed by atoms with van der Waals surface area (Å²) in [6, 6.07) is 1.79. The molecule has 0 fully saturated rings. The topological polar surface area (TPSA) is 84.1 Å². The monoisotopic (exact) mass is 210 g/mol. The van der Waals surface area contributed by atoms with Crippen molar-refractivity contribution in [2.75, 3.05) is 17.7 Å². The Bertz CT molecular complexity index is 307. The van der Waals surface area contributed by atoms with E-state index in [0.29, 0.717) is 11.7 Å². The van der Waals surface area contributed by atoms with E-state index in [0.717, 1.165) is 5.69 Å². The van der Waals surface area contributed by atoms with Crippen molar-refractivity contribution in [3.8, 4) is 0 Å². The van der Waals surface area contributed by atoms with E-state index in [-0.39, 0.29) is 18.6 Å². The Balaban J connectivity index is 2.79. The zero-order valence-electron chi connectivity index (χ0n) is 9.36. The van der Waals surface area contributed by atoms with Crippen LogP contribution >= 0.6 is 0 Å². The van der Waals surface area contributed by atoms with Gasteiger partial charge < -0.3 is 16.2 Å². The van der Waals surface area contributed by atoms with Crippen LogP contribution in [0.15, 0.2) is 6.07 Å². The molecule has 1 aromatic rings. The maximum atomic E-state index is 9.16. The first-order valence-electron chi connectivity index (χ1n) is 5.01. The standard InChI is InChI=1S/C10H18N4O/c1-6(2)8(5-15)13-9-4-7(3)12-10(11)14-9/h4,6,8,15H,5H2,1-3H3,(H3,11,12,13,14)/t8-/m1/s1. The molecule has 0 aliphatic heterocycles. The molecule has 4 N–H and O–H groups in total. The molecule has 84 valence electrons. The number of nitrogen functional groups attached to an aromatic ring is 1. The summed E-state index contributed by atoms with van der Waals surface area (Å²) in [5.74, 6) is 1.23. The number of hydrogen-bond acceptors (Lipinski definition) is 5. The number of aryl methyl sites for hydroxylation is 1. The highest BCUT2D eigenvalue weighted by Crippen LogP contribution is 2.12. The lowest BCUT2D eigenvalue weighted by molar-refractivity contribution is 0.249. The molecule has 0 aliphatic carbocycles. The summed E-state index contributed by atoms with van der Waals surface area (Å²) in [5, 5.41) is 12.3. The van der Waals surface area contributed by atoms with E-state index in [2.05, 4.69) is 15.3 Å². The number of aliphatic hydroxyl groups excluding tert-OH is 1. The largest absolute Gasteiger partial charge is 0.394 e. The molecule has 1 rings (SSSR count). The molecule has 0 spiro atoms. The molecule has 1 aromatic heterocycles. The second-order valence-corrected chi connectivity index (χ2v) is 3.93. The number of anilines is 2. The van der Waals surface area contributed by atoms with Crippen LogP contribution in [0.25, 0.3) is 0 Å². The van der Waals surface area contributed by atoms with E-state index in [1.807, 2.05) is 20.8 Å². The van der Waals surface area contributed by atoms with Crippen molar-refractivity contribution in [3.05, 3.63) is 11.8 Å². The Morgan fingerprint density at radius 3 is 2.60 bits per heavy atom. The predicted octanol–water partition coefficient (Wildman–Crippen LogP) is 0.796. The Hall–Kier alpha value is -1.36. The van der Waals surface area contributed by atoms with Crippen LogP contribution in [0.5, 0.6) is 0 Å². The number of nitrogens with zero attached hydrogens (tertiary/aromatic N) is 2. The summed E-state index contributed by atoms with van der Waals surface area (Å²) in [4.78, 5) is 8.03. The van der Waals surface area contributed by atoms with Crippen molar-refractivity contribution < 1.29 is 5.11 Å². The number of nitrogens with two attached hydrogens (primary N) is 1. The van der Waals surface area contributed by atoms with Gasteiger partial charge in [0, 0.05) is 11.8 Å². The average molecular weight is 210 g/mol. The number of rotatable bonds is 4. The average Bonchev–Trinajstić information content (AvgIpc) is 2.12. The lowest BCUT2D eigenvalue weighted by Crippen LogP contribution is -2.30. The fraction of sp³-hybridized carbons (Fsp3) is 0.600. The highest BCUT2D eigenvalue weighted by molar-refractivity contribution is 5.41. The minimum atomic E-state index is -0.0151. The first kappa shape index (κ1) is 11.7. The van der Waals surface area contributed by atoms with Crippen LogP contribution in [0.4, 0.5) is 11.8 Å².